The van der Waals surface area contributed by atoms with Crippen LogP contribution in [0.4, 0.5) is 0 Å². The highest BCUT2D eigenvalue weighted by molar-refractivity contribution is 5.50. The topological polar surface area (TPSA) is 12.0 Å². The van der Waals surface area contributed by atoms with Crippen LogP contribution in [-0.4, -0.2) is 7.05 Å². The lowest BCUT2D eigenvalue weighted by Gasteiger charge is -2.29. The summed E-state index contributed by atoms with van der Waals surface area (Å²) in [4.78, 5) is 0. The Morgan fingerprint density at radius 2 is 1.22 bits per heavy atom. The Morgan fingerprint density at radius 1 is 0.833 bits per heavy atom. The van der Waals surface area contributed by atoms with E-state index < -0.39 is 0 Å². The standard InChI is InChI=1S/C17H29N/c1-9-10(2)17(18-8)16-14(6)12(4)11(3)13(5)15(16)7/h10,17-18H,9H2,1-8H3. The van der Waals surface area contributed by atoms with Gasteiger partial charge in [-0.2, -0.15) is 0 Å². The lowest BCUT2D eigenvalue weighted by molar-refractivity contribution is 0.397. The molecule has 1 N–H and O–H groups in total. The van der Waals surface area contributed by atoms with Crippen LogP contribution in [0.1, 0.15) is 59.7 Å². The zero-order chi connectivity index (χ0) is 14.0. The maximum absolute atomic E-state index is 3.52. The fraction of sp³-hybridized carbons (Fsp3) is 0.647. The molecular formula is C17H29N. The lowest BCUT2D eigenvalue weighted by atomic mass is 9.82. The van der Waals surface area contributed by atoms with E-state index in [0.717, 1.165) is 0 Å². The number of benzene rings is 1. The van der Waals surface area contributed by atoms with E-state index in [1.54, 1.807) is 0 Å². The smallest absolute Gasteiger partial charge is 0.0348 e. The summed E-state index contributed by atoms with van der Waals surface area (Å²) in [6, 6.07) is 0.466. The molecule has 2 unspecified atom stereocenters. The average Bonchev–Trinajstić information content (AvgIpc) is 2.38. The fourth-order valence-corrected chi connectivity index (χ4v) is 2.94. The van der Waals surface area contributed by atoms with Gasteiger partial charge in [-0.3, -0.25) is 0 Å². The highest BCUT2D eigenvalue weighted by atomic mass is 14.9. The molecule has 0 saturated carbocycles. The van der Waals surface area contributed by atoms with Gasteiger partial charge in [-0.1, -0.05) is 20.3 Å². The maximum Gasteiger partial charge on any atom is 0.0348 e. The molecule has 0 heterocycles. The molecule has 0 radical (unpaired) electrons. The number of hydrogen-bond acceptors (Lipinski definition) is 1. The minimum absolute atomic E-state index is 0.466. The minimum atomic E-state index is 0.466. The Bertz CT molecular complexity index is 403. The quantitative estimate of drug-likeness (QED) is 0.824. The second kappa shape index (κ2) is 5.88. The van der Waals surface area contributed by atoms with Crippen LogP contribution >= 0.6 is 0 Å². The molecule has 1 rings (SSSR count). The van der Waals surface area contributed by atoms with Crippen LogP contribution in [0, 0.1) is 40.5 Å². The molecule has 0 spiro atoms. The van der Waals surface area contributed by atoms with Crippen LogP contribution in [0.2, 0.25) is 0 Å². The van der Waals surface area contributed by atoms with Gasteiger partial charge in [0.2, 0.25) is 0 Å². The van der Waals surface area contributed by atoms with E-state index in [2.05, 4.69) is 60.8 Å². The van der Waals surface area contributed by atoms with Gasteiger partial charge >= 0.3 is 0 Å². The summed E-state index contributed by atoms with van der Waals surface area (Å²) in [5.74, 6) is 0.661. The molecule has 0 aromatic heterocycles. The summed E-state index contributed by atoms with van der Waals surface area (Å²) < 4.78 is 0. The number of hydrogen-bond donors (Lipinski definition) is 1. The van der Waals surface area contributed by atoms with Crippen molar-refractivity contribution in [3.8, 4) is 0 Å². The van der Waals surface area contributed by atoms with Crippen LogP contribution in [0.25, 0.3) is 0 Å². The molecule has 0 aliphatic rings. The van der Waals surface area contributed by atoms with Crippen molar-refractivity contribution in [3.05, 3.63) is 33.4 Å². The Balaban J connectivity index is 3.48. The molecule has 2 atom stereocenters. The van der Waals surface area contributed by atoms with Gasteiger partial charge in [0.05, 0.1) is 0 Å². The maximum atomic E-state index is 3.52. The van der Waals surface area contributed by atoms with Gasteiger partial charge in [0, 0.05) is 6.04 Å². The molecule has 1 heteroatoms. The predicted molar refractivity (Wildman–Crippen MR) is 81.4 cm³/mol. The minimum Gasteiger partial charge on any atom is -0.313 e. The Kier molecular flexibility index (Phi) is 4.98. The number of rotatable bonds is 4. The van der Waals surface area contributed by atoms with Gasteiger partial charge in [0.25, 0.3) is 0 Å². The van der Waals surface area contributed by atoms with Crippen molar-refractivity contribution in [1.82, 2.24) is 5.32 Å². The first kappa shape index (κ1) is 15.2. The van der Waals surface area contributed by atoms with Crippen LogP contribution < -0.4 is 5.32 Å². The van der Waals surface area contributed by atoms with Gasteiger partial charge in [-0.05, 0) is 81.0 Å². The van der Waals surface area contributed by atoms with Crippen LogP contribution in [0.3, 0.4) is 0 Å². The largest absolute Gasteiger partial charge is 0.313 e. The SMILES string of the molecule is CCC(C)C(NC)c1c(C)c(C)c(C)c(C)c1C. The number of nitrogens with one attached hydrogen (secondary N) is 1. The summed E-state index contributed by atoms with van der Waals surface area (Å²) in [5.41, 5.74) is 8.82. The second-order valence-corrected chi connectivity index (χ2v) is 5.69. The first-order valence-corrected chi connectivity index (χ1v) is 7.10. The Labute approximate surface area is 113 Å². The van der Waals surface area contributed by atoms with Gasteiger partial charge in [0.15, 0.2) is 0 Å². The first-order valence-electron chi connectivity index (χ1n) is 7.10. The molecule has 0 amide bonds. The van der Waals surface area contributed by atoms with Crippen molar-refractivity contribution in [2.75, 3.05) is 7.05 Å². The molecular weight excluding hydrogens is 218 g/mol. The third-order valence-corrected chi connectivity index (χ3v) is 4.89. The van der Waals surface area contributed by atoms with Crippen LogP contribution in [0.15, 0.2) is 0 Å². The van der Waals surface area contributed by atoms with Crippen molar-refractivity contribution in [2.45, 2.75) is 60.9 Å². The van der Waals surface area contributed by atoms with Gasteiger partial charge < -0.3 is 5.32 Å². The van der Waals surface area contributed by atoms with Crippen molar-refractivity contribution in [3.63, 3.8) is 0 Å². The highest BCUT2D eigenvalue weighted by Crippen LogP contribution is 2.34. The summed E-state index contributed by atoms with van der Waals surface area (Å²) in [6.45, 7) is 15.9. The van der Waals surface area contributed by atoms with Crippen LogP contribution in [-0.2, 0) is 0 Å². The molecule has 1 nitrogen and oxygen atoms in total. The Hall–Kier alpha value is -0.820. The first-order chi connectivity index (χ1) is 8.36. The predicted octanol–water partition coefficient (Wildman–Crippen LogP) is 4.54. The zero-order valence-electron chi connectivity index (χ0n) is 13.4. The molecule has 0 aliphatic carbocycles. The van der Waals surface area contributed by atoms with E-state index in [9.17, 15) is 0 Å². The molecule has 0 saturated heterocycles. The van der Waals surface area contributed by atoms with E-state index in [-0.39, 0.29) is 0 Å². The lowest BCUT2D eigenvalue weighted by Crippen LogP contribution is -2.25. The molecule has 0 bridgehead atoms. The van der Waals surface area contributed by atoms with E-state index in [1.807, 2.05) is 0 Å². The summed E-state index contributed by atoms with van der Waals surface area (Å²) in [7, 11) is 2.08. The molecule has 1 aromatic rings. The third-order valence-electron chi connectivity index (χ3n) is 4.89. The van der Waals surface area contributed by atoms with Gasteiger partial charge in [-0.15, -0.1) is 0 Å². The average molecular weight is 247 g/mol. The Morgan fingerprint density at radius 3 is 1.56 bits per heavy atom. The molecule has 0 aliphatic heterocycles. The molecule has 0 fully saturated rings. The third kappa shape index (κ3) is 2.47. The molecule has 18 heavy (non-hydrogen) atoms. The van der Waals surface area contributed by atoms with Crippen molar-refractivity contribution in [1.29, 1.82) is 0 Å². The zero-order valence-corrected chi connectivity index (χ0v) is 13.4. The van der Waals surface area contributed by atoms with Crippen molar-refractivity contribution >= 4 is 0 Å². The van der Waals surface area contributed by atoms with Gasteiger partial charge in [-0.25, -0.2) is 0 Å². The highest BCUT2D eigenvalue weighted by Gasteiger charge is 2.22. The molecule has 102 valence electrons. The van der Waals surface area contributed by atoms with E-state index in [1.165, 1.54) is 39.8 Å². The van der Waals surface area contributed by atoms with Crippen LogP contribution in [0.5, 0.6) is 0 Å². The summed E-state index contributed by atoms with van der Waals surface area (Å²) >= 11 is 0. The van der Waals surface area contributed by atoms with E-state index in [0.29, 0.717) is 12.0 Å². The monoisotopic (exact) mass is 247 g/mol. The molecule has 1 aromatic carbocycles. The van der Waals surface area contributed by atoms with Crippen molar-refractivity contribution in [2.24, 2.45) is 5.92 Å². The summed E-state index contributed by atoms with van der Waals surface area (Å²) in [5, 5.41) is 3.52. The van der Waals surface area contributed by atoms with Crippen molar-refractivity contribution < 1.29 is 0 Å². The normalized spacial score (nSPS) is 14.7. The second-order valence-electron chi connectivity index (χ2n) is 5.69. The summed E-state index contributed by atoms with van der Waals surface area (Å²) in [6.07, 6.45) is 1.20. The van der Waals surface area contributed by atoms with E-state index in [4.69, 9.17) is 0 Å². The van der Waals surface area contributed by atoms with E-state index >= 15 is 0 Å². The fourth-order valence-electron chi connectivity index (χ4n) is 2.94. The van der Waals surface area contributed by atoms with Gasteiger partial charge in [0.1, 0.15) is 0 Å².